The molecule has 7 nitrogen and oxygen atoms in total. The topological polar surface area (TPSA) is 99.1 Å². The molecule has 1 saturated carbocycles. The molecular formula is C29H35N5O2S. The quantitative estimate of drug-likeness (QED) is 0.291. The second-order valence-corrected chi connectivity index (χ2v) is 10.6. The van der Waals surface area contributed by atoms with Crippen molar-refractivity contribution >= 4 is 28.6 Å². The molecule has 194 valence electrons. The number of rotatable bonds is 12. The minimum absolute atomic E-state index is 0.0688. The van der Waals surface area contributed by atoms with E-state index in [-0.39, 0.29) is 18.1 Å². The molecule has 0 radical (unpaired) electrons. The number of nitrogens with zero attached hydrogens (tertiary/aromatic N) is 2. The van der Waals surface area contributed by atoms with Crippen LogP contribution in [0, 0.1) is 17.2 Å². The van der Waals surface area contributed by atoms with Crippen molar-refractivity contribution in [3.05, 3.63) is 70.2 Å². The number of hydrogen-bond acceptors (Lipinski definition) is 6. The summed E-state index contributed by atoms with van der Waals surface area (Å²) < 4.78 is 5.97. The summed E-state index contributed by atoms with van der Waals surface area (Å²) in [6.45, 7) is 5.30. The van der Waals surface area contributed by atoms with E-state index in [9.17, 15) is 10.1 Å². The Morgan fingerprint density at radius 3 is 2.92 bits per heavy atom. The second kappa shape index (κ2) is 13.1. The molecule has 0 spiro atoms. The number of nitriles is 1. The van der Waals surface area contributed by atoms with E-state index >= 15 is 0 Å². The first kappa shape index (κ1) is 26.5. The van der Waals surface area contributed by atoms with Crippen LogP contribution >= 0.6 is 11.3 Å². The van der Waals surface area contributed by atoms with E-state index in [4.69, 9.17) is 4.74 Å². The first-order chi connectivity index (χ1) is 18.0. The Morgan fingerprint density at radius 1 is 1.38 bits per heavy atom. The zero-order chi connectivity index (χ0) is 26.0. The lowest BCUT2D eigenvalue weighted by Gasteiger charge is -2.19. The number of carbonyl (C=O) groups excluding carboxylic acids is 1. The summed E-state index contributed by atoms with van der Waals surface area (Å²) in [6, 6.07) is 8.11. The molecule has 2 amide bonds. The summed E-state index contributed by atoms with van der Waals surface area (Å²) >= 11 is 1.56. The highest BCUT2D eigenvalue weighted by Crippen LogP contribution is 2.34. The van der Waals surface area contributed by atoms with Crippen molar-refractivity contribution < 1.29 is 9.53 Å². The molecule has 8 heteroatoms. The molecule has 2 aromatic rings. The number of amides is 2. The van der Waals surface area contributed by atoms with Gasteiger partial charge in [0, 0.05) is 41.5 Å². The van der Waals surface area contributed by atoms with E-state index in [2.05, 4.69) is 33.1 Å². The molecular weight excluding hydrogens is 482 g/mol. The molecule has 1 heterocycles. The van der Waals surface area contributed by atoms with Crippen LogP contribution in [0.3, 0.4) is 0 Å². The minimum Gasteiger partial charge on any atom is -0.486 e. The zero-order valence-corrected chi connectivity index (χ0v) is 22.3. The van der Waals surface area contributed by atoms with Crippen LogP contribution in [0.2, 0.25) is 0 Å². The summed E-state index contributed by atoms with van der Waals surface area (Å²) in [5, 5.41) is 22.3. The minimum atomic E-state index is -0.159. The normalized spacial score (nSPS) is 17.9. The van der Waals surface area contributed by atoms with Crippen molar-refractivity contribution in [2.75, 3.05) is 11.9 Å². The van der Waals surface area contributed by atoms with Crippen molar-refractivity contribution in [1.29, 1.82) is 5.26 Å². The number of ether oxygens (including phenoxy) is 1. The maximum absolute atomic E-state index is 12.1. The van der Waals surface area contributed by atoms with Crippen molar-refractivity contribution in [2.45, 2.75) is 64.6 Å². The molecule has 1 fully saturated rings. The van der Waals surface area contributed by atoms with Crippen molar-refractivity contribution in [3.8, 4) is 11.8 Å². The van der Waals surface area contributed by atoms with Crippen LogP contribution < -0.4 is 20.7 Å². The Labute approximate surface area is 223 Å². The first-order valence-corrected chi connectivity index (χ1v) is 13.9. The predicted octanol–water partition coefficient (Wildman–Crippen LogP) is 6.19. The second-order valence-electron chi connectivity index (χ2n) is 9.58. The molecule has 2 atom stereocenters. The average molecular weight is 518 g/mol. The van der Waals surface area contributed by atoms with Gasteiger partial charge in [0.2, 0.25) is 0 Å². The molecule has 2 aliphatic rings. The van der Waals surface area contributed by atoms with Crippen LogP contribution in [0.5, 0.6) is 5.75 Å². The van der Waals surface area contributed by atoms with E-state index in [1.807, 2.05) is 55.7 Å². The van der Waals surface area contributed by atoms with Crippen molar-refractivity contribution in [3.63, 3.8) is 0 Å². The van der Waals surface area contributed by atoms with Gasteiger partial charge in [-0.05, 0) is 55.9 Å². The largest absolute Gasteiger partial charge is 0.486 e. The van der Waals surface area contributed by atoms with E-state index < -0.39 is 0 Å². The molecule has 4 rings (SSSR count). The van der Waals surface area contributed by atoms with Gasteiger partial charge in [-0.3, -0.25) is 0 Å². The summed E-state index contributed by atoms with van der Waals surface area (Å²) in [4.78, 5) is 16.4. The summed E-state index contributed by atoms with van der Waals surface area (Å²) in [5.74, 6) is 1.56. The highest BCUT2D eigenvalue weighted by Gasteiger charge is 2.21. The van der Waals surface area contributed by atoms with Crippen LogP contribution in [-0.2, 0) is 6.61 Å². The van der Waals surface area contributed by atoms with Gasteiger partial charge in [0.1, 0.15) is 17.4 Å². The van der Waals surface area contributed by atoms with Gasteiger partial charge in [-0.25, -0.2) is 9.78 Å². The molecule has 37 heavy (non-hydrogen) atoms. The van der Waals surface area contributed by atoms with Crippen LogP contribution in [0.4, 0.5) is 10.5 Å². The highest BCUT2D eigenvalue weighted by molar-refractivity contribution is 7.09. The smallest absolute Gasteiger partial charge is 0.315 e. The lowest BCUT2D eigenvalue weighted by Crippen LogP contribution is -2.44. The van der Waals surface area contributed by atoms with Gasteiger partial charge in [0.25, 0.3) is 0 Å². The fourth-order valence-corrected chi connectivity index (χ4v) is 4.53. The van der Waals surface area contributed by atoms with Gasteiger partial charge in [0.15, 0.2) is 0 Å². The van der Waals surface area contributed by atoms with Crippen LogP contribution in [0.15, 0.2) is 59.7 Å². The molecule has 2 aliphatic carbocycles. The summed E-state index contributed by atoms with van der Waals surface area (Å²) in [5.41, 5.74) is 3.27. The van der Waals surface area contributed by atoms with E-state index in [0.29, 0.717) is 18.6 Å². The monoisotopic (exact) mass is 517 g/mol. The maximum Gasteiger partial charge on any atom is 0.315 e. The third kappa shape index (κ3) is 8.22. The Kier molecular flexibility index (Phi) is 9.39. The third-order valence-corrected chi connectivity index (χ3v) is 7.31. The van der Waals surface area contributed by atoms with Crippen LogP contribution in [-0.4, -0.2) is 29.6 Å². The first-order valence-electron chi connectivity index (χ1n) is 13.0. The fraction of sp³-hybridized carbons (Fsp3) is 0.414. The van der Waals surface area contributed by atoms with Gasteiger partial charge in [-0.2, -0.15) is 5.26 Å². The van der Waals surface area contributed by atoms with Gasteiger partial charge in [-0.15, -0.1) is 11.3 Å². The Morgan fingerprint density at radius 2 is 2.24 bits per heavy atom. The van der Waals surface area contributed by atoms with Crippen molar-refractivity contribution in [1.82, 2.24) is 15.6 Å². The number of allylic oxidation sites excluding steroid dienone is 4. The fourth-order valence-electron chi connectivity index (χ4n) is 4.00. The lowest BCUT2D eigenvalue weighted by atomic mass is 9.97. The molecule has 1 aromatic heterocycles. The molecule has 0 aliphatic heterocycles. The SMILES string of the molecule is CCC(C)NC(=O)NC1C=CC(/C=C(\C#N)c2ccc(OCc3nccs3)cc2NCCC2CC2)=CC1. The third-order valence-electron chi connectivity index (χ3n) is 6.56. The van der Waals surface area contributed by atoms with E-state index in [1.165, 1.54) is 12.8 Å². The molecule has 2 unspecified atom stereocenters. The summed E-state index contributed by atoms with van der Waals surface area (Å²) in [6.07, 6.45) is 15.0. The Hall–Kier alpha value is -3.57. The summed E-state index contributed by atoms with van der Waals surface area (Å²) in [7, 11) is 0. The van der Waals surface area contributed by atoms with E-state index in [0.717, 1.165) is 52.9 Å². The number of nitrogens with one attached hydrogen (secondary N) is 3. The molecule has 0 saturated heterocycles. The highest BCUT2D eigenvalue weighted by atomic mass is 32.1. The van der Waals surface area contributed by atoms with E-state index in [1.54, 1.807) is 17.5 Å². The van der Waals surface area contributed by atoms with Crippen LogP contribution in [0.25, 0.3) is 5.57 Å². The van der Waals surface area contributed by atoms with Crippen molar-refractivity contribution in [2.24, 2.45) is 5.92 Å². The van der Waals surface area contributed by atoms with Gasteiger partial charge in [-0.1, -0.05) is 38.0 Å². The Balaban J connectivity index is 1.45. The number of aromatic nitrogens is 1. The number of hydrogen-bond donors (Lipinski definition) is 3. The van der Waals surface area contributed by atoms with Gasteiger partial charge in [0.05, 0.1) is 17.7 Å². The zero-order valence-electron chi connectivity index (χ0n) is 21.5. The molecule has 3 N–H and O–H groups in total. The average Bonchev–Trinajstić information content (AvgIpc) is 3.58. The molecule has 1 aromatic carbocycles. The molecule has 0 bridgehead atoms. The van der Waals surface area contributed by atoms with Gasteiger partial charge < -0.3 is 20.7 Å². The number of carbonyl (C=O) groups is 1. The number of benzene rings is 1. The Bertz CT molecular complexity index is 1190. The number of anilines is 1. The van der Waals surface area contributed by atoms with Gasteiger partial charge >= 0.3 is 6.03 Å². The van der Waals surface area contributed by atoms with Crippen LogP contribution in [0.1, 0.15) is 56.5 Å². The predicted molar refractivity (Wildman–Crippen MR) is 149 cm³/mol. The maximum atomic E-state index is 12.1. The lowest BCUT2D eigenvalue weighted by molar-refractivity contribution is 0.235. The standard InChI is InChI=1S/C29H35N5O2S/c1-3-20(2)33-29(35)34-24-8-6-22(7-9-24)16-23(18-30)26-11-10-25(36-19-28-32-14-15-37-28)17-27(26)31-13-12-21-4-5-21/h6-8,10-11,14-17,20-21,24,31H,3-5,9,12-13,19H2,1-2H3,(H2,33,34,35)/b23-16+. The number of thiazole rings is 1. The number of urea groups is 1.